The fourth-order valence-electron chi connectivity index (χ4n) is 4.79. The van der Waals surface area contributed by atoms with E-state index in [1.165, 1.54) is 38.6 Å². The highest BCUT2D eigenvalue weighted by atomic mass is 15.1. The Hall–Kier alpha value is -0.0400. The van der Waals surface area contributed by atoms with Crippen molar-refractivity contribution in [3.05, 3.63) is 0 Å². The topological polar surface area (TPSA) is 3.24 Å². The first-order valence-corrected chi connectivity index (χ1v) is 8.60. The first-order valence-electron chi connectivity index (χ1n) is 8.60. The Morgan fingerprint density at radius 1 is 1.00 bits per heavy atom. The molecule has 19 heavy (non-hydrogen) atoms. The molecule has 0 radical (unpaired) electrons. The van der Waals surface area contributed by atoms with Crippen LogP contribution in [0.2, 0.25) is 0 Å². The van der Waals surface area contributed by atoms with Gasteiger partial charge in [-0.2, -0.15) is 0 Å². The largest absolute Gasteiger partial charge is 0.303 e. The summed E-state index contributed by atoms with van der Waals surface area (Å²) in [6.07, 6.45) is 10.5. The lowest BCUT2D eigenvalue weighted by Gasteiger charge is -2.53. The standard InChI is InChI=1S/C18H35N/c1-14(2)10-16-11-18(12-16)8-6-17(7-9-18)19(5)13-15(3)4/h14-17H,6-13H2,1-5H3/t16-,17-,18?. The second-order valence-corrected chi connectivity index (χ2v) is 8.47. The molecule has 2 fully saturated rings. The van der Waals surface area contributed by atoms with Crippen LogP contribution < -0.4 is 0 Å². The van der Waals surface area contributed by atoms with Crippen LogP contribution >= 0.6 is 0 Å². The van der Waals surface area contributed by atoms with E-state index in [1.54, 1.807) is 12.8 Å². The summed E-state index contributed by atoms with van der Waals surface area (Å²) in [7, 11) is 2.34. The lowest BCUT2D eigenvalue weighted by atomic mass is 9.54. The van der Waals surface area contributed by atoms with E-state index in [0.29, 0.717) is 0 Å². The molecule has 0 aromatic carbocycles. The Kier molecular flexibility index (Phi) is 4.98. The zero-order valence-electron chi connectivity index (χ0n) is 13.9. The van der Waals surface area contributed by atoms with Gasteiger partial charge in [0, 0.05) is 12.6 Å². The van der Waals surface area contributed by atoms with Crippen LogP contribution in [0.25, 0.3) is 0 Å². The van der Waals surface area contributed by atoms with Gasteiger partial charge in [0.25, 0.3) is 0 Å². The third-order valence-corrected chi connectivity index (χ3v) is 5.54. The van der Waals surface area contributed by atoms with Crippen molar-refractivity contribution < 1.29 is 0 Å². The van der Waals surface area contributed by atoms with Gasteiger partial charge in [0.05, 0.1) is 0 Å². The van der Waals surface area contributed by atoms with Gasteiger partial charge in [-0.1, -0.05) is 27.7 Å². The molecule has 0 aromatic heterocycles. The highest BCUT2D eigenvalue weighted by Gasteiger charge is 2.46. The molecule has 2 saturated carbocycles. The maximum atomic E-state index is 2.63. The SMILES string of the molecule is CC(C)CN(C)[C@H]1CCC2(CC1)C[C@H](CC(C)C)C2. The van der Waals surface area contributed by atoms with Crippen molar-refractivity contribution in [2.24, 2.45) is 23.2 Å². The summed E-state index contributed by atoms with van der Waals surface area (Å²) in [5, 5.41) is 0. The minimum absolute atomic E-state index is 0.786. The molecule has 0 saturated heterocycles. The summed E-state index contributed by atoms with van der Waals surface area (Å²) in [5.41, 5.74) is 0.786. The van der Waals surface area contributed by atoms with Crippen LogP contribution in [0.3, 0.4) is 0 Å². The van der Waals surface area contributed by atoms with Crippen molar-refractivity contribution >= 4 is 0 Å². The van der Waals surface area contributed by atoms with E-state index in [-0.39, 0.29) is 0 Å². The molecule has 1 heteroatoms. The first-order chi connectivity index (χ1) is 8.90. The molecule has 0 bridgehead atoms. The second-order valence-electron chi connectivity index (χ2n) is 8.47. The number of hydrogen-bond acceptors (Lipinski definition) is 1. The predicted molar refractivity (Wildman–Crippen MR) is 84.3 cm³/mol. The molecule has 2 aliphatic rings. The van der Waals surface area contributed by atoms with Crippen LogP contribution in [-0.2, 0) is 0 Å². The molecule has 0 aliphatic heterocycles. The molecule has 2 aliphatic carbocycles. The zero-order valence-corrected chi connectivity index (χ0v) is 13.9. The third-order valence-electron chi connectivity index (χ3n) is 5.54. The summed E-state index contributed by atoms with van der Waals surface area (Å²) < 4.78 is 0. The molecular weight excluding hydrogens is 230 g/mol. The van der Waals surface area contributed by atoms with Crippen LogP contribution in [0.15, 0.2) is 0 Å². The summed E-state index contributed by atoms with van der Waals surface area (Å²) >= 11 is 0. The summed E-state index contributed by atoms with van der Waals surface area (Å²) in [4.78, 5) is 2.63. The van der Waals surface area contributed by atoms with Gasteiger partial charge in [-0.25, -0.2) is 0 Å². The fraction of sp³-hybridized carbons (Fsp3) is 1.00. The molecule has 0 aromatic rings. The Morgan fingerprint density at radius 2 is 1.58 bits per heavy atom. The van der Waals surface area contributed by atoms with Crippen molar-refractivity contribution in [1.29, 1.82) is 0 Å². The van der Waals surface area contributed by atoms with Gasteiger partial charge in [0.1, 0.15) is 0 Å². The molecule has 0 atom stereocenters. The van der Waals surface area contributed by atoms with E-state index in [9.17, 15) is 0 Å². The number of nitrogens with zero attached hydrogens (tertiary/aromatic N) is 1. The molecule has 1 spiro atoms. The molecule has 1 nitrogen and oxygen atoms in total. The molecule has 2 rings (SSSR count). The van der Waals surface area contributed by atoms with E-state index in [1.807, 2.05) is 0 Å². The highest BCUT2D eigenvalue weighted by molar-refractivity contribution is 4.98. The number of hydrogen-bond donors (Lipinski definition) is 0. The van der Waals surface area contributed by atoms with Crippen molar-refractivity contribution in [1.82, 2.24) is 4.90 Å². The molecule has 0 amide bonds. The van der Waals surface area contributed by atoms with Gasteiger partial charge < -0.3 is 4.90 Å². The number of rotatable bonds is 5. The zero-order chi connectivity index (χ0) is 14.0. The monoisotopic (exact) mass is 265 g/mol. The maximum Gasteiger partial charge on any atom is 0.00927 e. The van der Waals surface area contributed by atoms with E-state index in [0.717, 1.165) is 29.2 Å². The van der Waals surface area contributed by atoms with Crippen molar-refractivity contribution in [3.63, 3.8) is 0 Å². The van der Waals surface area contributed by atoms with Gasteiger partial charge >= 0.3 is 0 Å². The molecule has 0 heterocycles. The van der Waals surface area contributed by atoms with Gasteiger partial charge in [0.2, 0.25) is 0 Å². The Balaban J connectivity index is 1.72. The Morgan fingerprint density at radius 3 is 2.05 bits per heavy atom. The molecule has 112 valence electrons. The smallest absolute Gasteiger partial charge is 0.00927 e. The molecular formula is C18H35N. The lowest BCUT2D eigenvalue weighted by molar-refractivity contribution is -0.0173. The quantitative estimate of drug-likeness (QED) is 0.679. The van der Waals surface area contributed by atoms with Crippen LogP contribution in [0.1, 0.15) is 72.6 Å². The van der Waals surface area contributed by atoms with E-state index in [2.05, 4.69) is 39.6 Å². The van der Waals surface area contributed by atoms with Crippen LogP contribution in [0, 0.1) is 23.2 Å². The average molecular weight is 265 g/mol. The fourth-order valence-corrected chi connectivity index (χ4v) is 4.79. The minimum Gasteiger partial charge on any atom is -0.303 e. The maximum absolute atomic E-state index is 2.63. The van der Waals surface area contributed by atoms with Gasteiger partial charge in [-0.05, 0) is 75.2 Å². The van der Waals surface area contributed by atoms with Crippen LogP contribution in [0.4, 0.5) is 0 Å². The average Bonchev–Trinajstić information content (AvgIpc) is 2.26. The van der Waals surface area contributed by atoms with Crippen molar-refractivity contribution in [2.75, 3.05) is 13.6 Å². The summed E-state index contributed by atoms with van der Waals surface area (Å²) in [6.45, 7) is 10.7. The Bertz CT molecular complexity index is 265. The van der Waals surface area contributed by atoms with Gasteiger partial charge in [0.15, 0.2) is 0 Å². The molecule has 0 N–H and O–H groups in total. The van der Waals surface area contributed by atoms with Gasteiger partial charge in [-0.15, -0.1) is 0 Å². The van der Waals surface area contributed by atoms with E-state index in [4.69, 9.17) is 0 Å². The van der Waals surface area contributed by atoms with Crippen LogP contribution in [0.5, 0.6) is 0 Å². The summed E-state index contributed by atoms with van der Waals surface area (Å²) in [5.74, 6) is 2.76. The predicted octanol–water partition coefficient (Wildman–Crippen LogP) is 4.96. The molecule has 0 unspecified atom stereocenters. The van der Waals surface area contributed by atoms with Gasteiger partial charge in [-0.3, -0.25) is 0 Å². The summed E-state index contributed by atoms with van der Waals surface area (Å²) in [6, 6.07) is 0.872. The third kappa shape index (κ3) is 3.97. The lowest BCUT2D eigenvalue weighted by Crippen LogP contribution is -2.45. The van der Waals surface area contributed by atoms with E-state index >= 15 is 0 Å². The minimum atomic E-state index is 0.786. The van der Waals surface area contributed by atoms with Crippen molar-refractivity contribution in [3.8, 4) is 0 Å². The van der Waals surface area contributed by atoms with Crippen LogP contribution in [-0.4, -0.2) is 24.5 Å². The normalized spacial score (nSPS) is 35.4. The second kappa shape index (κ2) is 6.16. The first kappa shape index (κ1) is 15.4. The van der Waals surface area contributed by atoms with E-state index < -0.39 is 0 Å². The Labute approximate surface area is 121 Å². The van der Waals surface area contributed by atoms with Crippen molar-refractivity contribution in [2.45, 2.75) is 78.7 Å². The highest BCUT2D eigenvalue weighted by Crippen LogP contribution is 2.56.